The lowest BCUT2D eigenvalue weighted by molar-refractivity contribution is -0.118. The van der Waals surface area contributed by atoms with Gasteiger partial charge in [-0.2, -0.15) is 0 Å². The van der Waals surface area contributed by atoms with Crippen LogP contribution in [0.4, 0.5) is 5.69 Å². The number of hydrogen-bond acceptors (Lipinski definition) is 2. The molecule has 1 fully saturated rings. The monoisotopic (exact) mass is 247 g/mol. The van der Waals surface area contributed by atoms with Crippen LogP contribution in [-0.2, 0) is 4.79 Å². The Balaban J connectivity index is 2.19. The Morgan fingerprint density at radius 2 is 2.00 bits per heavy atom. The smallest absolute Gasteiger partial charge is 0.337 e. The fraction of sp³-hybridized carbons (Fsp3) is 0.429. The van der Waals surface area contributed by atoms with Crippen molar-refractivity contribution < 1.29 is 14.7 Å². The van der Waals surface area contributed by atoms with Gasteiger partial charge in [0.1, 0.15) is 0 Å². The Kier molecular flexibility index (Phi) is 2.89. The van der Waals surface area contributed by atoms with Gasteiger partial charge in [-0.25, -0.2) is 4.79 Å². The quantitative estimate of drug-likeness (QED) is 0.863. The van der Waals surface area contributed by atoms with E-state index >= 15 is 0 Å². The van der Waals surface area contributed by atoms with Crippen LogP contribution in [0.3, 0.4) is 0 Å². The van der Waals surface area contributed by atoms with E-state index in [-0.39, 0.29) is 22.8 Å². The normalized spacial score (nSPS) is 20.3. The highest BCUT2D eigenvalue weighted by Crippen LogP contribution is 2.52. The molecule has 0 saturated heterocycles. The molecular weight excluding hydrogens is 230 g/mol. The van der Waals surface area contributed by atoms with Gasteiger partial charge in [-0.3, -0.25) is 4.79 Å². The second kappa shape index (κ2) is 4.12. The molecule has 2 rings (SSSR count). The zero-order valence-corrected chi connectivity index (χ0v) is 10.8. The summed E-state index contributed by atoms with van der Waals surface area (Å²) < 4.78 is 0. The number of carboxylic acids is 1. The Hall–Kier alpha value is -1.84. The Morgan fingerprint density at radius 1 is 1.39 bits per heavy atom. The number of nitrogens with one attached hydrogen (secondary N) is 1. The number of carboxylic acid groups (broad SMARTS) is 1. The molecule has 1 aromatic rings. The number of carbonyl (C=O) groups excluding carboxylic acids is 1. The molecular formula is C14H17NO3. The zero-order valence-electron chi connectivity index (χ0n) is 10.8. The summed E-state index contributed by atoms with van der Waals surface area (Å²) in [5, 5.41) is 11.8. The van der Waals surface area contributed by atoms with E-state index in [1.807, 2.05) is 20.8 Å². The van der Waals surface area contributed by atoms with Crippen LogP contribution in [0.15, 0.2) is 18.2 Å². The molecule has 1 aliphatic carbocycles. The lowest BCUT2D eigenvalue weighted by Crippen LogP contribution is -2.18. The van der Waals surface area contributed by atoms with Gasteiger partial charge in [-0.15, -0.1) is 0 Å². The van der Waals surface area contributed by atoms with Crippen LogP contribution in [0.1, 0.15) is 36.2 Å². The van der Waals surface area contributed by atoms with Crippen LogP contribution >= 0.6 is 0 Å². The second-order valence-corrected chi connectivity index (χ2v) is 5.59. The van der Waals surface area contributed by atoms with Gasteiger partial charge < -0.3 is 10.4 Å². The summed E-state index contributed by atoms with van der Waals surface area (Å²) in [6.45, 7) is 5.89. The highest BCUT2D eigenvalue weighted by atomic mass is 16.4. The van der Waals surface area contributed by atoms with Crippen molar-refractivity contribution >= 4 is 17.6 Å². The molecule has 96 valence electrons. The molecule has 1 amide bonds. The summed E-state index contributed by atoms with van der Waals surface area (Å²) in [6, 6.07) is 5.00. The first-order chi connectivity index (χ1) is 8.31. The summed E-state index contributed by atoms with van der Waals surface area (Å²) >= 11 is 0. The van der Waals surface area contributed by atoms with E-state index in [4.69, 9.17) is 5.11 Å². The van der Waals surface area contributed by atoms with Crippen LogP contribution in [0, 0.1) is 18.3 Å². The van der Waals surface area contributed by atoms with Crippen molar-refractivity contribution in [1.82, 2.24) is 0 Å². The molecule has 1 atom stereocenters. The maximum Gasteiger partial charge on any atom is 0.337 e. The van der Waals surface area contributed by atoms with E-state index in [1.54, 1.807) is 18.2 Å². The number of hydrogen-bond donors (Lipinski definition) is 2. The Morgan fingerprint density at radius 3 is 2.50 bits per heavy atom. The number of aryl methyl sites for hydroxylation is 1. The fourth-order valence-electron chi connectivity index (χ4n) is 2.08. The molecule has 0 aliphatic heterocycles. The minimum atomic E-state index is -1.02. The highest BCUT2D eigenvalue weighted by molar-refractivity contribution is 6.02. The van der Waals surface area contributed by atoms with Crippen molar-refractivity contribution in [3.8, 4) is 0 Å². The molecule has 1 saturated carbocycles. The number of carbonyl (C=O) groups is 2. The lowest BCUT2D eigenvalue weighted by Gasteiger charge is -2.10. The average Bonchev–Trinajstić information content (AvgIpc) is 2.90. The van der Waals surface area contributed by atoms with Crippen LogP contribution in [0.2, 0.25) is 0 Å². The van der Waals surface area contributed by atoms with Gasteiger partial charge in [0.2, 0.25) is 5.91 Å². The van der Waals surface area contributed by atoms with Crippen LogP contribution in [0.25, 0.3) is 0 Å². The molecule has 4 heteroatoms. The van der Waals surface area contributed by atoms with E-state index in [1.165, 1.54) is 0 Å². The van der Waals surface area contributed by atoms with Gasteiger partial charge in [-0.05, 0) is 30.9 Å². The molecule has 0 spiro atoms. The fourth-order valence-corrected chi connectivity index (χ4v) is 2.08. The molecule has 2 N–H and O–H groups in total. The predicted octanol–water partition coefficient (Wildman–Crippen LogP) is 2.68. The summed E-state index contributed by atoms with van der Waals surface area (Å²) in [5.74, 6) is -1.13. The van der Waals surface area contributed by atoms with Gasteiger partial charge in [-0.1, -0.05) is 25.5 Å². The minimum Gasteiger partial charge on any atom is -0.478 e. The van der Waals surface area contributed by atoms with Gasteiger partial charge in [0.25, 0.3) is 0 Å². The van der Waals surface area contributed by atoms with E-state index in [9.17, 15) is 9.59 Å². The summed E-state index contributed by atoms with van der Waals surface area (Å²) in [5.41, 5.74) is 1.41. The maximum atomic E-state index is 11.9. The number of aromatic carboxylic acids is 1. The number of benzene rings is 1. The highest BCUT2D eigenvalue weighted by Gasteiger charge is 2.50. The van der Waals surface area contributed by atoms with E-state index in [0.29, 0.717) is 5.69 Å². The Bertz CT molecular complexity index is 520. The third kappa shape index (κ3) is 2.37. The number of rotatable bonds is 3. The molecule has 18 heavy (non-hydrogen) atoms. The molecule has 1 unspecified atom stereocenters. The zero-order chi connectivity index (χ0) is 13.5. The lowest BCUT2D eigenvalue weighted by atomic mass is 10.1. The number of anilines is 1. The van der Waals surface area contributed by atoms with Crippen molar-refractivity contribution in [2.24, 2.45) is 11.3 Å². The van der Waals surface area contributed by atoms with Gasteiger partial charge in [0.05, 0.1) is 11.3 Å². The first-order valence-electron chi connectivity index (χ1n) is 5.96. The summed E-state index contributed by atoms with van der Waals surface area (Å²) in [6.07, 6.45) is 0.854. The van der Waals surface area contributed by atoms with Crippen LogP contribution in [-0.4, -0.2) is 17.0 Å². The Labute approximate surface area is 106 Å². The van der Waals surface area contributed by atoms with Gasteiger partial charge in [0, 0.05) is 5.92 Å². The van der Waals surface area contributed by atoms with Crippen molar-refractivity contribution in [2.45, 2.75) is 27.2 Å². The van der Waals surface area contributed by atoms with Crippen molar-refractivity contribution in [2.75, 3.05) is 5.32 Å². The number of amides is 1. The second-order valence-electron chi connectivity index (χ2n) is 5.59. The van der Waals surface area contributed by atoms with Crippen LogP contribution < -0.4 is 5.32 Å². The van der Waals surface area contributed by atoms with E-state index < -0.39 is 5.97 Å². The largest absolute Gasteiger partial charge is 0.478 e. The molecule has 0 bridgehead atoms. The molecule has 0 aromatic heterocycles. The third-order valence-electron chi connectivity index (χ3n) is 3.49. The molecule has 1 aliphatic rings. The SMILES string of the molecule is Cc1ccc(NC(=O)C2CC2(C)C)c(C(=O)O)c1. The third-order valence-corrected chi connectivity index (χ3v) is 3.49. The summed E-state index contributed by atoms with van der Waals surface area (Å²) in [4.78, 5) is 23.1. The van der Waals surface area contributed by atoms with Crippen molar-refractivity contribution in [3.63, 3.8) is 0 Å². The first-order valence-corrected chi connectivity index (χ1v) is 5.96. The van der Waals surface area contributed by atoms with E-state index in [2.05, 4.69) is 5.32 Å². The maximum absolute atomic E-state index is 11.9. The van der Waals surface area contributed by atoms with Crippen molar-refractivity contribution in [1.29, 1.82) is 0 Å². The molecule has 0 heterocycles. The molecule has 0 radical (unpaired) electrons. The summed E-state index contributed by atoms with van der Waals surface area (Å²) in [7, 11) is 0. The van der Waals surface area contributed by atoms with Gasteiger partial charge >= 0.3 is 5.97 Å². The molecule has 4 nitrogen and oxygen atoms in total. The topological polar surface area (TPSA) is 66.4 Å². The van der Waals surface area contributed by atoms with E-state index in [0.717, 1.165) is 12.0 Å². The van der Waals surface area contributed by atoms with Gasteiger partial charge in [0.15, 0.2) is 0 Å². The minimum absolute atomic E-state index is 0.0135. The first kappa shape index (κ1) is 12.6. The predicted molar refractivity (Wildman–Crippen MR) is 68.7 cm³/mol. The standard InChI is InChI=1S/C14H17NO3/c1-8-4-5-11(9(6-8)13(17)18)15-12(16)10-7-14(10,2)3/h4-6,10H,7H2,1-3H3,(H,15,16)(H,17,18). The van der Waals surface area contributed by atoms with Crippen molar-refractivity contribution in [3.05, 3.63) is 29.3 Å². The van der Waals surface area contributed by atoms with Crippen LogP contribution in [0.5, 0.6) is 0 Å². The molecule has 1 aromatic carbocycles. The average molecular weight is 247 g/mol.